The molecule has 1 aliphatic carbocycles. The van der Waals surface area contributed by atoms with Gasteiger partial charge >= 0.3 is 0 Å². The summed E-state index contributed by atoms with van der Waals surface area (Å²) >= 11 is 0. The molecule has 18 heavy (non-hydrogen) atoms. The van der Waals surface area contributed by atoms with Gasteiger partial charge in [0.2, 0.25) is 0 Å². The molecule has 0 aliphatic heterocycles. The SMILES string of the molecule is CC(NC1CCc2ccccc2C1)c1ncc[nH]1. The standard InChI is InChI=1S/C15H19N3/c1-11(15-16-8-9-17-15)18-14-7-6-12-4-2-3-5-13(12)10-14/h2-5,8-9,11,14,18H,6-7,10H2,1H3,(H,16,17). The van der Waals surface area contributed by atoms with Gasteiger partial charge in [0.1, 0.15) is 5.82 Å². The molecule has 3 rings (SSSR count). The molecule has 3 nitrogen and oxygen atoms in total. The molecule has 0 radical (unpaired) electrons. The first-order chi connectivity index (χ1) is 8.83. The Bertz CT molecular complexity index is 504. The van der Waals surface area contributed by atoms with Crippen molar-refractivity contribution in [2.24, 2.45) is 0 Å². The van der Waals surface area contributed by atoms with Crippen molar-refractivity contribution < 1.29 is 0 Å². The van der Waals surface area contributed by atoms with E-state index in [-0.39, 0.29) is 6.04 Å². The molecule has 0 saturated carbocycles. The zero-order valence-corrected chi connectivity index (χ0v) is 10.7. The van der Waals surface area contributed by atoms with Crippen LogP contribution in [0.3, 0.4) is 0 Å². The normalized spacial score (nSPS) is 20.4. The third-order valence-electron chi connectivity index (χ3n) is 3.76. The van der Waals surface area contributed by atoms with Crippen LogP contribution in [0, 0.1) is 0 Å². The van der Waals surface area contributed by atoms with Gasteiger partial charge in [-0.1, -0.05) is 24.3 Å². The number of hydrogen-bond acceptors (Lipinski definition) is 2. The Morgan fingerprint density at radius 3 is 2.94 bits per heavy atom. The molecular weight excluding hydrogens is 222 g/mol. The van der Waals surface area contributed by atoms with Crippen LogP contribution in [0.4, 0.5) is 0 Å². The van der Waals surface area contributed by atoms with Crippen molar-refractivity contribution in [1.29, 1.82) is 0 Å². The number of hydrogen-bond donors (Lipinski definition) is 2. The highest BCUT2D eigenvalue weighted by Gasteiger charge is 2.20. The Labute approximate surface area is 108 Å². The summed E-state index contributed by atoms with van der Waals surface area (Å²) in [5.41, 5.74) is 3.01. The maximum Gasteiger partial charge on any atom is 0.122 e. The quantitative estimate of drug-likeness (QED) is 0.867. The van der Waals surface area contributed by atoms with E-state index in [2.05, 4.69) is 46.5 Å². The smallest absolute Gasteiger partial charge is 0.122 e. The van der Waals surface area contributed by atoms with E-state index in [0.717, 1.165) is 12.2 Å². The molecule has 0 bridgehead atoms. The Morgan fingerprint density at radius 2 is 2.17 bits per heavy atom. The van der Waals surface area contributed by atoms with Gasteiger partial charge in [0.05, 0.1) is 6.04 Å². The molecule has 2 N–H and O–H groups in total. The second kappa shape index (κ2) is 4.94. The van der Waals surface area contributed by atoms with Crippen LogP contribution in [0.2, 0.25) is 0 Å². The van der Waals surface area contributed by atoms with Crippen molar-refractivity contribution >= 4 is 0 Å². The van der Waals surface area contributed by atoms with Crippen molar-refractivity contribution in [2.75, 3.05) is 0 Å². The van der Waals surface area contributed by atoms with E-state index in [1.165, 1.54) is 24.0 Å². The highest BCUT2D eigenvalue weighted by molar-refractivity contribution is 5.30. The fraction of sp³-hybridized carbons (Fsp3) is 0.400. The average molecular weight is 241 g/mol. The predicted molar refractivity (Wildman–Crippen MR) is 72.4 cm³/mol. The van der Waals surface area contributed by atoms with E-state index in [0.29, 0.717) is 6.04 Å². The van der Waals surface area contributed by atoms with Gasteiger partial charge in [-0.25, -0.2) is 4.98 Å². The number of rotatable bonds is 3. The predicted octanol–water partition coefficient (Wildman–Crippen LogP) is 2.62. The summed E-state index contributed by atoms with van der Waals surface area (Å²) in [7, 11) is 0. The lowest BCUT2D eigenvalue weighted by Crippen LogP contribution is -2.36. The Morgan fingerprint density at radius 1 is 1.33 bits per heavy atom. The summed E-state index contributed by atoms with van der Waals surface area (Å²) in [5.74, 6) is 1.02. The van der Waals surface area contributed by atoms with Crippen molar-refractivity contribution in [3.8, 4) is 0 Å². The van der Waals surface area contributed by atoms with E-state index < -0.39 is 0 Å². The van der Waals surface area contributed by atoms with Crippen LogP contribution in [0.15, 0.2) is 36.7 Å². The van der Waals surface area contributed by atoms with E-state index in [9.17, 15) is 0 Å². The van der Waals surface area contributed by atoms with Crippen molar-refractivity contribution in [3.63, 3.8) is 0 Å². The molecule has 1 aromatic carbocycles. The van der Waals surface area contributed by atoms with Crippen LogP contribution in [-0.2, 0) is 12.8 Å². The number of nitrogens with one attached hydrogen (secondary N) is 2. The number of aryl methyl sites for hydroxylation is 1. The summed E-state index contributed by atoms with van der Waals surface area (Å²) in [5, 5.41) is 3.67. The number of benzene rings is 1. The summed E-state index contributed by atoms with van der Waals surface area (Å²) in [6.45, 7) is 2.17. The monoisotopic (exact) mass is 241 g/mol. The van der Waals surface area contributed by atoms with E-state index >= 15 is 0 Å². The highest BCUT2D eigenvalue weighted by atomic mass is 15.0. The van der Waals surface area contributed by atoms with Crippen molar-refractivity contribution in [3.05, 3.63) is 53.6 Å². The maximum atomic E-state index is 4.31. The summed E-state index contributed by atoms with van der Waals surface area (Å²) < 4.78 is 0. The summed E-state index contributed by atoms with van der Waals surface area (Å²) in [4.78, 5) is 7.48. The number of H-pyrrole nitrogens is 1. The van der Waals surface area contributed by atoms with Gasteiger partial charge in [-0.3, -0.25) is 0 Å². The summed E-state index contributed by atoms with van der Waals surface area (Å²) in [6, 6.07) is 9.62. The molecular formula is C15H19N3. The molecule has 1 heterocycles. The van der Waals surface area contributed by atoms with Crippen LogP contribution in [0.1, 0.15) is 36.3 Å². The van der Waals surface area contributed by atoms with Gasteiger partial charge in [-0.05, 0) is 37.3 Å². The largest absolute Gasteiger partial charge is 0.347 e. The minimum atomic E-state index is 0.287. The van der Waals surface area contributed by atoms with Gasteiger partial charge in [0.25, 0.3) is 0 Å². The van der Waals surface area contributed by atoms with E-state index in [1.54, 1.807) is 0 Å². The zero-order chi connectivity index (χ0) is 12.4. The van der Waals surface area contributed by atoms with E-state index in [4.69, 9.17) is 0 Å². The number of aromatic amines is 1. The van der Waals surface area contributed by atoms with Crippen molar-refractivity contribution in [1.82, 2.24) is 15.3 Å². The third-order valence-corrected chi connectivity index (χ3v) is 3.76. The van der Waals surface area contributed by atoms with Gasteiger partial charge < -0.3 is 10.3 Å². The number of imidazole rings is 1. The number of aromatic nitrogens is 2. The van der Waals surface area contributed by atoms with Gasteiger partial charge in [0.15, 0.2) is 0 Å². The van der Waals surface area contributed by atoms with Crippen LogP contribution >= 0.6 is 0 Å². The molecule has 0 saturated heterocycles. The molecule has 0 spiro atoms. The van der Waals surface area contributed by atoms with Crippen LogP contribution < -0.4 is 5.32 Å². The molecule has 94 valence electrons. The van der Waals surface area contributed by atoms with Crippen LogP contribution in [0.5, 0.6) is 0 Å². The average Bonchev–Trinajstić information content (AvgIpc) is 2.92. The van der Waals surface area contributed by atoms with E-state index in [1.807, 2.05) is 12.4 Å². The Kier molecular flexibility index (Phi) is 3.15. The second-order valence-corrected chi connectivity index (χ2v) is 5.07. The number of nitrogens with zero attached hydrogens (tertiary/aromatic N) is 1. The molecule has 1 aliphatic rings. The number of fused-ring (bicyclic) bond motifs is 1. The first kappa shape index (κ1) is 11.5. The first-order valence-electron chi connectivity index (χ1n) is 6.65. The van der Waals surface area contributed by atoms with Crippen molar-refractivity contribution in [2.45, 2.75) is 38.3 Å². The molecule has 0 fully saturated rings. The van der Waals surface area contributed by atoms with Crippen LogP contribution in [-0.4, -0.2) is 16.0 Å². The lowest BCUT2D eigenvalue weighted by atomic mass is 9.88. The van der Waals surface area contributed by atoms with Crippen LogP contribution in [0.25, 0.3) is 0 Å². The fourth-order valence-electron chi connectivity index (χ4n) is 2.79. The summed E-state index contributed by atoms with van der Waals surface area (Å²) in [6.07, 6.45) is 7.20. The van der Waals surface area contributed by atoms with Gasteiger partial charge in [0, 0.05) is 18.4 Å². The molecule has 2 aromatic rings. The molecule has 2 unspecified atom stereocenters. The minimum Gasteiger partial charge on any atom is -0.347 e. The molecule has 3 heteroatoms. The maximum absolute atomic E-state index is 4.31. The second-order valence-electron chi connectivity index (χ2n) is 5.07. The zero-order valence-electron chi connectivity index (χ0n) is 10.7. The highest BCUT2D eigenvalue weighted by Crippen LogP contribution is 2.22. The fourth-order valence-corrected chi connectivity index (χ4v) is 2.79. The topological polar surface area (TPSA) is 40.7 Å². The van der Waals surface area contributed by atoms with Gasteiger partial charge in [-0.15, -0.1) is 0 Å². The Balaban J connectivity index is 1.66. The molecule has 0 amide bonds. The Hall–Kier alpha value is -1.61. The molecule has 2 atom stereocenters. The van der Waals surface area contributed by atoms with Gasteiger partial charge in [-0.2, -0.15) is 0 Å². The lowest BCUT2D eigenvalue weighted by molar-refractivity contribution is 0.405. The molecule has 1 aromatic heterocycles. The first-order valence-corrected chi connectivity index (χ1v) is 6.65. The minimum absolute atomic E-state index is 0.287. The lowest BCUT2D eigenvalue weighted by Gasteiger charge is -2.27. The third kappa shape index (κ3) is 2.31.